The number of aromatic carboxylic acids is 1. The number of sulfone groups is 1. The summed E-state index contributed by atoms with van der Waals surface area (Å²) < 4.78 is 24.6. The molecule has 0 saturated heterocycles. The number of anilines is 1. The van der Waals surface area contributed by atoms with Gasteiger partial charge in [0.25, 0.3) is 0 Å². The van der Waals surface area contributed by atoms with Crippen LogP contribution in [0.1, 0.15) is 53.6 Å². The van der Waals surface area contributed by atoms with Gasteiger partial charge in [0, 0.05) is 12.2 Å². The number of benzene rings is 3. The van der Waals surface area contributed by atoms with E-state index in [4.69, 9.17) is 5.11 Å². The molecule has 3 rings (SSSR count). The number of hydrogen-bond donors (Lipinski definition) is 2. The van der Waals surface area contributed by atoms with Crippen molar-refractivity contribution in [2.24, 2.45) is 0 Å². The lowest BCUT2D eigenvalue weighted by Crippen LogP contribution is -2.07. The first kappa shape index (κ1) is 25.5. The largest absolute Gasteiger partial charge is 0.478 e. The first-order valence-corrected chi connectivity index (χ1v) is 13.5. The molecule has 34 heavy (non-hydrogen) atoms. The zero-order valence-electron chi connectivity index (χ0n) is 19.4. The van der Waals surface area contributed by atoms with Crippen LogP contribution in [0.2, 0.25) is 0 Å². The van der Waals surface area contributed by atoms with E-state index in [1.807, 2.05) is 30.3 Å². The lowest BCUT2D eigenvalue weighted by atomic mass is 10.0. The predicted octanol–water partition coefficient (Wildman–Crippen LogP) is 6.01. The van der Waals surface area contributed by atoms with Crippen LogP contribution < -0.4 is 5.32 Å². The molecule has 0 aliphatic heterocycles. The van der Waals surface area contributed by atoms with E-state index in [1.165, 1.54) is 5.56 Å². The minimum absolute atomic E-state index is 0.210. The number of nitrogens with one attached hydrogen (secondary N) is 1. The SMILES string of the molecule is O=C(O)c1ccc(CCc2ccccc2NCCCCCCCS(=O)(=O)c2ccccc2)cc1. The second-order valence-electron chi connectivity index (χ2n) is 8.49. The Kier molecular flexibility index (Phi) is 9.71. The van der Waals surface area contributed by atoms with Crippen LogP contribution in [0.4, 0.5) is 5.69 Å². The maximum atomic E-state index is 12.3. The van der Waals surface area contributed by atoms with Gasteiger partial charge in [0.05, 0.1) is 16.2 Å². The van der Waals surface area contributed by atoms with Gasteiger partial charge in [-0.3, -0.25) is 0 Å². The molecular formula is C28H33NO4S. The van der Waals surface area contributed by atoms with Crippen LogP contribution in [0.25, 0.3) is 0 Å². The number of rotatable bonds is 14. The molecule has 0 unspecified atom stereocenters. The Morgan fingerprint density at radius 2 is 1.38 bits per heavy atom. The van der Waals surface area contributed by atoms with E-state index < -0.39 is 15.8 Å². The highest BCUT2D eigenvalue weighted by Gasteiger charge is 2.12. The van der Waals surface area contributed by atoms with E-state index in [0.29, 0.717) is 16.9 Å². The van der Waals surface area contributed by atoms with Crippen molar-refractivity contribution in [1.82, 2.24) is 0 Å². The Balaban J connectivity index is 1.34. The molecule has 6 heteroatoms. The molecule has 0 bridgehead atoms. The number of carboxylic acid groups (broad SMARTS) is 1. The molecular weight excluding hydrogens is 446 g/mol. The zero-order chi connectivity index (χ0) is 24.2. The standard InChI is InChI=1S/C28H33NO4S/c30-28(31)25-19-16-23(17-20-25)15-18-24-11-7-8-14-27(24)29-21-9-2-1-3-10-22-34(32,33)26-12-5-4-6-13-26/h4-8,11-14,16-17,19-20,29H,1-3,9-10,15,18,21-22H2,(H,30,31). The number of unbranched alkanes of at least 4 members (excludes halogenated alkanes) is 4. The van der Waals surface area contributed by atoms with E-state index in [1.54, 1.807) is 36.4 Å². The molecule has 0 fully saturated rings. The van der Waals surface area contributed by atoms with Crippen LogP contribution in [-0.2, 0) is 22.7 Å². The fourth-order valence-corrected chi connectivity index (χ4v) is 5.31. The van der Waals surface area contributed by atoms with Crippen molar-refractivity contribution in [3.8, 4) is 0 Å². The van der Waals surface area contributed by atoms with Crippen molar-refractivity contribution < 1.29 is 18.3 Å². The summed E-state index contributed by atoms with van der Waals surface area (Å²) in [5.74, 6) is -0.694. The van der Waals surface area contributed by atoms with E-state index in [9.17, 15) is 13.2 Å². The molecule has 180 valence electrons. The molecule has 0 spiro atoms. The minimum Gasteiger partial charge on any atom is -0.478 e. The van der Waals surface area contributed by atoms with E-state index in [2.05, 4.69) is 17.4 Å². The predicted molar refractivity (Wildman–Crippen MR) is 137 cm³/mol. The van der Waals surface area contributed by atoms with Crippen LogP contribution in [0.5, 0.6) is 0 Å². The number of hydrogen-bond acceptors (Lipinski definition) is 4. The Labute approximate surface area is 202 Å². The van der Waals surface area contributed by atoms with Crippen LogP contribution in [0.3, 0.4) is 0 Å². The lowest BCUT2D eigenvalue weighted by molar-refractivity contribution is 0.0697. The fourth-order valence-electron chi connectivity index (χ4n) is 3.92. The maximum absolute atomic E-state index is 12.3. The summed E-state index contributed by atoms with van der Waals surface area (Å²) >= 11 is 0. The molecule has 0 heterocycles. The molecule has 2 N–H and O–H groups in total. The molecule has 0 amide bonds. The van der Waals surface area contributed by atoms with E-state index in [-0.39, 0.29) is 5.75 Å². The van der Waals surface area contributed by atoms with Crippen LogP contribution in [0, 0.1) is 0 Å². The average Bonchev–Trinajstić information content (AvgIpc) is 2.85. The third-order valence-corrected chi connectivity index (χ3v) is 7.73. The highest BCUT2D eigenvalue weighted by molar-refractivity contribution is 7.91. The summed E-state index contributed by atoms with van der Waals surface area (Å²) in [5, 5.41) is 12.6. The number of para-hydroxylation sites is 1. The van der Waals surface area contributed by atoms with Crippen LogP contribution >= 0.6 is 0 Å². The minimum atomic E-state index is -3.17. The Morgan fingerprint density at radius 3 is 2.12 bits per heavy atom. The van der Waals surface area contributed by atoms with E-state index in [0.717, 1.165) is 56.3 Å². The molecule has 5 nitrogen and oxygen atoms in total. The average molecular weight is 480 g/mol. The van der Waals surface area contributed by atoms with Gasteiger partial charge in [-0.15, -0.1) is 0 Å². The normalized spacial score (nSPS) is 11.3. The molecule has 0 saturated carbocycles. The van der Waals surface area contributed by atoms with Gasteiger partial charge in [-0.1, -0.05) is 67.8 Å². The molecule has 0 radical (unpaired) electrons. The van der Waals surface area contributed by atoms with Gasteiger partial charge in [-0.2, -0.15) is 0 Å². The second-order valence-corrected chi connectivity index (χ2v) is 10.6. The lowest BCUT2D eigenvalue weighted by Gasteiger charge is -2.12. The summed E-state index contributed by atoms with van der Waals surface area (Å²) in [6, 6.07) is 24.0. The third-order valence-electron chi connectivity index (χ3n) is 5.91. The van der Waals surface area contributed by atoms with Crippen molar-refractivity contribution in [2.45, 2.75) is 49.8 Å². The van der Waals surface area contributed by atoms with Gasteiger partial charge < -0.3 is 10.4 Å². The van der Waals surface area contributed by atoms with Crippen molar-refractivity contribution in [2.75, 3.05) is 17.6 Å². The molecule has 3 aromatic rings. The molecule has 0 atom stereocenters. The van der Waals surface area contributed by atoms with Crippen LogP contribution in [0.15, 0.2) is 83.8 Å². The Bertz CT molecular complexity index is 1140. The number of aryl methyl sites for hydroxylation is 2. The summed E-state index contributed by atoms with van der Waals surface area (Å²) in [6.07, 6.45) is 6.48. The highest BCUT2D eigenvalue weighted by Crippen LogP contribution is 2.19. The van der Waals surface area contributed by atoms with Gasteiger partial charge in [0.2, 0.25) is 0 Å². The van der Waals surface area contributed by atoms with Crippen molar-refractivity contribution in [1.29, 1.82) is 0 Å². The van der Waals surface area contributed by atoms with Crippen LogP contribution in [-0.4, -0.2) is 31.8 Å². The van der Waals surface area contributed by atoms with Gasteiger partial charge >= 0.3 is 5.97 Å². The molecule has 0 aliphatic rings. The van der Waals surface area contributed by atoms with Gasteiger partial charge in [0.1, 0.15) is 0 Å². The van der Waals surface area contributed by atoms with Gasteiger partial charge in [0.15, 0.2) is 9.84 Å². The van der Waals surface area contributed by atoms with Crippen molar-refractivity contribution in [3.05, 3.63) is 95.6 Å². The second kappa shape index (κ2) is 12.9. The quantitative estimate of drug-likeness (QED) is 0.277. The highest BCUT2D eigenvalue weighted by atomic mass is 32.2. The fraction of sp³-hybridized carbons (Fsp3) is 0.321. The summed E-state index contributed by atoms with van der Waals surface area (Å²) in [7, 11) is -3.17. The summed E-state index contributed by atoms with van der Waals surface area (Å²) in [4.78, 5) is 11.4. The topological polar surface area (TPSA) is 83.5 Å². The number of carboxylic acids is 1. The smallest absolute Gasteiger partial charge is 0.335 e. The first-order valence-electron chi connectivity index (χ1n) is 11.9. The zero-order valence-corrected chi connectivity index (χ0v) is 20.3. The number of carbonyl (C=O) groups is 1. The van der Waals surface area contributed by atoms with Gasteiger partial charge in [-0.05, 0) is 67.1 Å². The third kappa shape index (κ3) is 8.03. The molecule has 3 aromatic carbocycles. The van der Waals surface area contributed by atoms with Crippen molar-refractivity contribution >= 4 is 21.5 Å². The molecule has 0 aliphatic carbocycles. The summed E-state index contributed by atoms with van der Waals surface area (Å²) in [6.45, 7) is 0.882. The Morgan fingerprint density at radius 1 is 0.735 bits per heavy atom. The Hall–Kier alpha value is -3.12. The van der Waals surface area contributed by atoms with E-state index >= 15 is 0 Å². The maximum Gasteiger partial charge on any atom is 0.335 e. The molecule has 0 aromatic heterocycles. The summed E-state index contributed by atoms with van der Waals surface area (Å²) in [5.41, 5.74) is 3.81. The van der Waals surface area contributed by atoms with Crippen molar-refractivity contribution in [3.63, 3.8) is 0 Å². The monoisotopic (exact) mass is 479 g/mol. The first-order chi connectivity index (χ1) is 16.5. The van der Waals surface area contributed by atoms with Gasteiger partial charge in [-0.25, -0.2) is 13.2 Å².